The van der Waals surface area contributed by atoms with Crippen molar-refractivity contribution in [1.82, 2.24) is 19.5 Å². The van der Waals surface area contributed by atoms with E-state index < -0.39 is 48.5 Å². The van der Waals surface area contributed by atoms with E-state index in [1.807, 2.05) is 0 Å². The van der Waals surface area contributed by atoms with E-state index >= 15 is 0 Å². The molecule has 6 atom stereocenters. The number of phosphoric ester groups is 1. The van der Waals surface area contributed by atoms with Gasteiger partial charge in [0, 0.05) is 6.42 Å². The molecule has 2 aromatic heterocycles. The summed E-state index contributed by atoms with van der Waals surface area (Å²) in [6.07, 6.45) is -0.692. The van der Waals surface area contributed by atoms with Gasteiger partial charge in [-0.3, -0.25) is 13.7 Å². The zero-order valence-electron chi connectivity index (χ0n) is 15.6. The van der Waals surface area contributed by atoms with Crippen LogP contribution in [0.25, 0.3) is 11.2 Å². The van der Waals surface area contributed by atoms with Gasteiger partial charge in [-0.2, -0.15) is 4.31 Å². The number of hydrogen-bond donors (Lipinski definition) is 5. The average Bonchev–Trinajstić information content (AvgIpc) is 3.14. The SMILES string of the molecule is Nc1ncnc2c1ncn2[C@H]1C[C@H](O)[C@@H](COP(=O)(O)OP(=O)(O)OP(=O)([O-])O)O1.[Na+]. The maximum atomic E-state index is 11.7. The van der Waals surface area contributed by atoms with E-state index in [1.165, 1.54) is 17.2 Å². The van der Waals surface area contributed by atoms with Crippen LogP contribution in [0.15, 0.2) is 12.7 Å². The van der Waals surface area contributed by atoms with Gasteiger partial charge in [-0.1, -0.05) is 0 Å². The third-order valence-corrected chi connectivity index (χ3v) is 7.49. The van der Waals surface area contributed by atoms with Gasteiger partial charge in [0.2, 0.25) is 0 Å². The molecule has 3 unspecified atom stereocenters. The molecular formula is C10H15N5NaO12P3. The van der Waals surface area contributed by atoms with Gasteiger partial charge in [-0.25, -0.2) is 28.4 Å². The number of anilines is 1. The third kappa shape index (κ3) is 7.08. The van der Waals surface area contributed by atoms with E-state index in [9.17, 15) is 28.6 Å². The average molecular weight is 513 g/mol. The van der Waals surface area contributed by atoms with E-state index in [2.05, 4.69) is 28.1 Å². The Kier molecular flexibility index (Phi) is 8.59. The molecule has 0 aliphatic carbocycles. The number of phosphoric acid groups is 3. The second-order valence-corrected chi connectivity index (χ2v) is 10.3. The molecule has 1 aliphatic heterocycles. The molecule has 0 radical (unpaired) electrons. The summed E-state index contributed by atoms with van der Waals surface area (Å²) in [4.78, 5) is 49.2. The molecule has 21 heteroatoms. The molecule has 0 saturated carbocycles. The molecule has 168 valence electrons. The van der Waals surface area contributed by atoms with Crippen molar-refractivity contribution in [2.24, 2.45) is 0 Å². The molecule has 0 bridgehead atoms. The van der Waals surface area contributed by atoms with Crippen LogP contribution in [0.4, 0.5) is 5.82 Å². The van der Waals surface area contributed by atoms with Gasteiger partial charge in [-0.15, -0.1) is 0 Å². The molecule has 1 aliphatic rings. The molecule has 0 aromatic carbocycles. The topological polar surface area (TPSA) is 262 Å². The van der Waals surface area contributed by atoms with Crippen LogP contribution in [-0.2, 0) is 31.6 Å². The second-order valence-electron chi connectivity index (χ2n) is 5.88. The van der Waals surface area contributed by atoms with Crippen molar-refractivity contribution < 1.29 is 85.8 Å². The monoisotopic (exact) mass is 513 g/mol. The maximum absolute atomic E-state index is 11.7. The number of aliphatic hydroxyl groups is 1. The van der Waals surface area contributed by atoms with Gasteiger partial charge in [0.25, 0.3) is 7.82 Å². The van der Waals surface area contributed by atoms with Crippen LogP contribution in [0.2, 0.25) is 0 Å². The molecule has 2 aromatic rings. The minimum absolute atomic E-state index is 0. The predicted octanol–water partition coefficient (Wildman–Crippen LogP) is -4.23. The number of hydrogen-bond acceptors (Lipinski definition) is 13. The maximum Gasteiger partial charge on any atom is 1.00 e. The zero-order chi connectivity index (χ0) is 22.3. The molecule has 6 N–H and O–H groups in total. The minimum Gasteiger partial charge on any atom is -0.756 e. The summed E-state index contributed by atoms with van der Waals surface area (Å²) in [6.45, 7) is -0.802. The Morgan fingerprint density at radius 2 is 1.87 bits per heavy atom. The Bertz CT molecular complexity index is 1080. The Morgan fingerprint density at radius 3 is 2.52 bits per heavy atom. The molecule has 1 fully saturated rings. The summed E-state index contributed by atoms with van der Waals surface area (Å²) in [6, 6.07) is 0. The van der Waals surface area contributed by atoms with Crippen LogP contribution in [0, 0.1) is 0 Å². The fourth-order valence-electron chi connectivity index (χ4n) is 2.58. The zero-order valence-corrected chi connectivity index (χ0v) is 20.2. The van der Waals surface area contributed by atoms with Crippen molar-refractivity contribution in [3.63, 3.8) is 0 Å². The second kappa shape index (κ2) is 9.89. The number of ether oxygens (including phenoxy) is 1. The summed E-state index contributed by atoms with van der Waals surface area (Å²) < 4.78 is 52.0. The fraction of sp³-hybridized carbons (Fsp3) is 0.500. The molecule has 3 heterocycles. The first-order valence-corrected chi connectivity index (χ1v) is 12.3. The number of imidazole rings is 1. The number of nitrogens with zero attached hydrogens (tertiary/aromatic N) is 4. The minimum atomic E-state index is -5.75. The number of fused-ring (bicyclic) bond motifs is 1. The van der Waals surface area contributed by atoms with Crippen LogP contribution in [0.1, 0.15) is 12.6 Å². The van der Waals surface area contributed by atoms with Crippen LogP contribution in [0.5, 0.6) is 0 Å². The number of nitrogen functional groups attached to an aromatic ring is 1. The Hall–Kier alpha value is -0.320. The van der Waals surface area contributed by atoms with Crippen molar-refractivity contribution in [2.75, 3.05) is 12.3 Å². The van der Waals surface area contributed by atoms with Gasteiger partial charge in [-0.05, 0) is 0 Å². The number of aromatic nitrogens is 4. The number of nitrogens with two attached hydrogens (primary N) is 1. The molecule has 1 saturated heterocycles. The van der Waals surface area contributed by atoms with Gasteiger partial charge in [0.05, 0.1) is 19.0 Å². The summed E-state index contributed by atoms with van der Waals surface area (Å²) in [5.74, 6) is 0.122. The fourth-order valence-corrected chi connectivity index (χ4v) is 5.58. The van der Waals surface area contributed by atoms with Gasteiger partial charge >= 0.3 is 45.2 Å². The van der Waals surface area contributed by atoms with Gasteiger partial charge in [0.1, 0.15) is 24.2 Å². The summed E-state index contributed by atoms with van der Waals surface area (Å²) in [5.41, 5.74) is 6.29. The van der Waals surface area contributed by atoms with Crippen LogP contribution in [0.3, 0.4) is 0 Å². The van der Waals surface area contributed by atoms with E-state index in [-0.39, 0.29) is 41.8 Å². The first-order valence-electron chi connectivity index (χ1n) is 7.79. The first-order chi connectivity index (χ1) is 13.8. The smallest absolute Gasteiger partial charge is 0.756 e. The van der Waals surface area contributed by atoms with Crippen LogP contribution < -0.4 is 40.2 Å². The Labute approximate surface area is 195 Å². The van der Waals surface area contributed by atoms with Crippen LogP contribution >= 0.6 is 23.5 Å². The van der Waals surface area contributed by atoms with Crippen LogP contribution in [-0.4, -0.2) is 58.1 Å². The van der Waals surface area contributed by atoms with Crippen molar-refractivity contribution in [2.45, 2.75) is 24.9 Å². The van der Waals surface area contributed by atoms with E-state index in [1.54, 1.807) is 0 Å². The molecule has 31 heavy (non-hydrogen) atoms. The van der Waals surface area contributed by atoms with E-state index in [4.69, 9.17) is 20.3 Å². The van der Waals surface area contributed by atoms with Crippen molar-refractivity contribution in [3.05, 3.63) is 12.7 Å². The molecule has 0 spiro atoms. The first kappa shape index (κ1) is 26.9. The van der Waals surface area contributed by atoms with E-state index in [0.29, 0.717) is 11.2 Å². The van der Waals surface area contributed by atoms with Crippen molar-refractivity contribution in [1.29, 1.82) is 0 Å². The van der Waals surface area contributed by atoms with Gasteiger partial charge < -0.3 is 35.2 Å². The van der Waals surface area contributed by atoms with Crippen molar-refractivity contribution >= 4 is 40.4 Å². The largest absolute Gasteiger partial charge is 1.00 e. The van der Waals surface area contributed by atoms with E-state index in [0.717, 1.165) is 0 Å². The quantitative estimate of drug-likeness (QED) is 0.165. The molecule has 3 rings (SSSR count). The molecular weight excluding hydrogens is 498 g/mol. The van der Waals surface area contributed by atoms with Gasteiger partial charge in [0.15, 0.2) is 11.5 Å². The molecule has 0 amide bonds. The number of aliphatic hydroxyl groups excluding tert-OH is 1. The summed E-state index contributed by atoms with van der Waals surface area (Å²) in [5, 5.41) is 10.1. The summed E-state index contributed by atoms with van der Waals surface area (Å²) in [7, 11) is -16.8. The third-order valence-electron chi connectivity index (χ3n) is 3.72. The Morgan fingerprint density at radius 1 is 1.19 bits per heavy atom. The standard InChI is InChI=1S/C10H16N5O12P3.Na/c11-9-8-10(13-3-12-9)15(4-14-8)7-1-5(16)6(25-7)2-24-29(20,21)27-30(22,23)26-28(17,18)19;/h3-7,16H,1-2H2,(H,20,21)(H,22,23)(H2,11,12,13)(H2,17,18,19);/q;+1/p-1/t5-,6+,7+;/m0./s1. The van der Waals surface area contributed by atoms with Crippen molar-refractivity contribution in [3.8, 4) is 0 Å². The Balaban J connectivity index is 0.00000341. The molecule has 17 nitrogen and oxygen atoms in total. The predicted molar refractivity (Wildman–Crippen MR) is 91.9 cm³/mol. The summed E-state index contributed by atoms with van der Waals surface area (Å²) >= 11 is 0. The normalized spacial score (nSPS) is 27.2. The number of rotatable bonds is 8.